The van der Waals surface area contributed by atoms with Crippen molar-refractivity contribution in [3.63, 3.8) is 0 Å². The van der Waals surface area contributed by atoms with Gasteiger partial charge < -0.3 is 9.72 Å². The summed E-state index contributed by atoms with van der Waals surface area (Å²) in [5.74, 6) is 0.0445. The quantitative estimate of drug-likeness (QED) is 0.922. The van der Waals surface area contributed by atoms with Crippen molar-refractivity contribution >= 4 is 11.0 Å². The summed E-state index contributed by atoms with van der Waals surface area (Å²) in [7, 11) is 0. The molecule has 0 unspecified atom stereocenters. The SMILES string of the molecule is CCOC1CC(Cc2nc3c(F)cc(F)cc3[nH]2)C1. The lowest BCUT2D eigenvalue weighted by Gasteiger charge is -2.34. The molecule has 0 aliphatic heterocycles. The number of benzene rings is 1. The molecule has 102 valence electrons. The van der Waals surface area contributed by atoms with Crippen LogP contribution < -0.4 is 0 Å². The number of aromatic nitrogens is 2. The van der Waals surface area contributed by atoms with Gasteiger partial charge in [0.2, 0.25) is 0 Å². The van der Waals surface area contributed by atoms with E-state index in [0.717, 1.165) is 37.8 Å². The van der Waals surface area contributed by atoms with Crippen LogP contribution >= 0.6 is 0 Å². The van der Waals surface area contributed by atoms with Gasteiger partial charge in [-0.2, -0.15) is 0 Å². The molecule has 0 bridgehead atoms. The number of fused-ring (bicyclic) bond motifs is 1. The molecule has 1 N–H and O–H groups in total. The Morgan fingerprint density at radius 3 is 2.89 bits per heavy atom. The fourth-order valence-corrected chi connectivity index (χ4v) is 2.68. The first-order valence-corrected chi connectivity index (χ1v) is 6.61. The second kappa shape index (κ2) is 4.89. The van der Waals surface area contributed by atoms with Crippen molar-refractivity contribution in [3.8, 4) is 0 Å². The third-order valence-electron chi connectivity index (χ3n) is 3.63. The molecule has 2 aromatic rings. The first-order chi connectivity index (χ1) is 9.15. The van der Waals surface area contributed by atoms with Crippen LogP contribution in [-0.2, 0) is 11.2 Å². The van der Waals surface area contributed by atoms with Gasteiger partial charge in [0, 0.05) is 19.1 Å². The average molecular weight is 266 g/mol. The minimum atomic E-state index is -0.613. The molecule has 0 saturated heterocycles. The second-order valence-electron chi connectivity index (χ2n) is 5.09. The lowest BCUT2D eigenvalue weighted by Crippen LogP contribution is -2.32. The zero-order valence-electron chi connectivity index (χ0n) is 10.7. The van der Waals surface area contributed by atoms with Gasteiger partial charge in [-0.15, -0.1) is 0 Å². The second-order valence-corrected chi connectivity index (χ2v) is 5.09. The van der Waals surface area contributed by atoms with Crippen molar-refractivity contribution in [2.45, 2.75) is 32.3 Å². The molecule has 0 amide bonds. The molecule has 0 atom stereocenters. The van der Waals surface area contributed by atoms with Gasteiger partial charge in [0.25, 0.3) is 0 Å². The van der Waals surface area contributed by atoms with Crippen LogP contribution in [-0.4, -0.2) is 22.7 Å². The largest absolute Gasteiger partial charge is 0.378 e. The number of ether oxygens (including phenoxy) is 1. The third-order valence-corrected chi connectivity index (χ3v) is 3.63. The highest BCUT2D eigenvalue weighted by molar-refractivity contribution is 5.75. The average Bonchev–Trinajstić information content (AvgIpc) is 2.69. The van der Waals surface area contributed by atoms with Crippen molar-refractivity contribution < 1.29 is 13.5 Å². The molecule has 1 aliphatic carbocycles. The van der Waals surface area contributed by atoms with Gasteiger partial charge in [0.15, 0.2) is 5.82 Å². The molecule has 0 radical (unpaired) electrons. The van der Waals surface area contributed by atoms with E-state index in [1.807, 2.05) is 6.92 Å². The first-order valence-electron chi connectivity index (χ1n) is 6.61. The van der Waals surface area contributed by atoms with Gasteiger partial charge in [0.05, 0.1) is 11.6 Å². The summed E-state index contributed by atoms with van der Waals surface area (Å²) >= 11 is 0. The Hall–Kier alpha value is -1.49. The summed E-state index contributed by atoms with van der Waals surface area (Å²) in [5.41, 5.74) is 0.644. The van der Waals surface area contributed by atoms with Crippen LogP contribution in [0.2, 0.25) is 0 Å². The molecule has 19 heavy (non-hydrogen) atoms. The van der Waals surface area contributed by atoms with Crippen LogP contribution in [0.1, 0.15) is 25.6 Å². The monoisotopic (exact) mass is 266 g/mol. The molecular weight excluding hydrogens is 250 g/mol. The molecule has 5 heteroatoms. The van der Waals surface area contributed by atoms with E-state index in [4.69, 9.17) is 4.74 Å². The summed E-state index contributed by atoms with van der Waals surface area (Å²) in [4.78, 5) is 7.20. The molecule has 1 aromatic heterocycles. The number of nitrogens with one attached hydrogen (secondary N) is 1. The van der Waals surface area contributed by atoms with Gasteiger partial charge in [-0.05, 0) is 31.7 Å². The Morgan fingerprint density at radius 1 is 1.37 bits per heavy atom. The van der Waals surface area contributed by atoms with E-state index in [1.165, 1.54) is 6.07 Å². The molecule has 3 nitrogen and oxygen atoms in total. The van der Waals surface area contributed by atoms with Crippen molar-refractivity contribution in [1.82, 2.24) is 9.97 Å². The van der Waals surface area contributed by atoms with Crippen molar-refractivity contribution in [3.05, 3.63) is 29.6 Å². The minimum absolute atomic E-state index is 0.220. The van der Waals surface area contributed by atoms with E-state index in [9.17, 15) is 8.78 Å². The fraction of sp³-hybridized carbons (Fsp3) is 0.500. The molecular formula is C14H16F2N2O. The molecule has 0 spiro atoms. The zero-order valence-corrected chi connectivity index (χ0v) is 10.7. The molecule has 1 heterocycles. The van der Waals surface area contributed by atoms with Gasteiger partial charge >= 0.3 is 0 Å². The van der Waals surface area contributed by atoms with E-state index in [-0.39, 0.29) is 5.52 Å². The Morgan fingerprint density at radius 2 is 2.16 bits per heavy atom. The lowest BCUT2D eigenvalue weighted by molar-refractivity contribution is -0.0244. The first kappa shape index (κ1) is 12.5. The van der Waals surface area contributed by atoms with E-state index in [2.05, 4.69) is 9.97 Å². The molecule has 1 aliphatic rings. The zero-order chi connectivity index (χ0) is 13.4. The van der Waals surface area contributed by atoms with Crippen LogP contribution in [0.3, 0.4) is 0 Å². The molecule has 1 fully saturated rings. The number of hydrogen-bond acceptors (Lipinski definition) is 2. The fourth-order valence-electron chi connectivity index (χ4n) is 2.68. The van der Waals surface area contributed by atoms with Crippen LogP contribution in [0.5, 0.6) is 0 Å². The van der Waals surface area contributed by atoms with E-state index in [1.54, 1.807) is 0 Å². The maximum atomic E-state index is 13.5. The number of aromatic amines is 1. The number of H-pyrrole nitrogens is 1. The van der Waals surface area contributed by atoms with Gasteiger partial charge in [-0.1, -0.05) is 0 Å². The Labute approximate surface area is 110 Å². The highest BCUT2D eigenvalue weighted by atomic mass is 19.1. The van der Waals surface area contributed by atoms with E-state index < -0.39 is 11.6 Å². The van der Waals surface area contributed by atoms with Crippen molar-refractivity contribution in [1.29, 1.82) is 0 Å². The van der Waals surface area contributed by atoms with Gasteiger partial charge in [0.1, 0.15) is 17.2 Å². The Balaban J connectivity index is 1.71. The van der Waals surface area contributed by atoms with Gasteiger partial charge in [-0.25, -0.2) is 13.8 Å². The normalized spacial score (nSPS) is 22.7. The summed E-state index contributed by atoms with van der Waals surface area (Å²) in [6.45, 7) is 2.73. The number of rotatable bonds is 4. The number of imidazole rings is 1. The van der Waals surface area contributed by atoms with E-state index >= 15 is 0 Å². The lowest BCUT2D eigenvalue weighted by atomic mass is 9.80. The van der Waals surface area contributed by atoms with Crippen molar-refractivity contribution in [2.75, 3.05) is 6.61 Å². The van der Waals surface area contributed by atoms with Crippen LogP contribution in [0.25, 0.3) is 11.0 Å². The summed E-state index contributed by atoms with van der Waals surface area (Å²) < 4.78 is 32.1. The highest BCUT2D eigenvalue weighted by Crippen LogP contribution is 2.32. The topological polar surface area (TPSA) is 37.9 Å². The van der Waals surface area contributed by atoms with E-state index in [0.29, 0.717) is 17.5 Å². The van der Waals surface area contributed by atoms with Gasteiger partial charge in [-0.3, -0.25) is 0 Å². The number of halogens is 2. The standard InChI is InChI=1S/C14H16F2N2O/c1-2-19-10-3-8(4-10)5-13-17-12-7-9(15)6-11(16)14(12)18-13/h6-8,10H,2-5H2,1H3,(H,17,18). The summed E-state index contributed by atoms with van der Waals surface area (Å²) in [5, 5.41) is 0. The van der Waals surface area contributed by atoms with Crippen LogP contribution in [0.15, 0.2) is 12.1 Å². The third kappa shape index (κ3) is 2.47. The maximum absolute atomic E-state index is 13.5. The number of nitrogens with zero attached hydrogens (tertiary/aromatic N) is 1. The molecule has 1 aromatic carbocycles. The number of hydrogen-bond donors (Lipinski definition) is 1. The predicted molar refractivity (Wildman–Crippen MR) is 67.9 cm³/mol. The van der Waals surface area contributed by atoms with Crippen LogP contribution in [0.4, 0.5) is 8.78 Å². The highest BCUT2D eigenvalue weighted by Gasteiger charge is 2.30. The smallest absolute Gasteiger partial charge is 0.153 e. The summed E-state index contributed by atoms with van der Waals surface area (Å²) in [6.07, 6.45) is 3.15. The summed E-state index contributed by atoms with van der Waals surface area (Å²) in [6, 6.07) is 2.14. The predicted octanol–water partition coefficient (Wildman–Crippen LogP) is 3.20. The van der Waals surface area contributed by atoms with Crippen molar-refractivity contribution in [2.24, 2.45) is 5.92 Å². The Bertz CT molecular complexity index is 590. The van der Waals surface area contributed by atoms with Crippen LogP contribution in [0, 0.1) is 17.6 Å². The maximum Gasteiger partial charge on any atom is 0.153 e. The minimum Gasteiger partial charge on any atom is -0.378 e. The molecule has 1 saturated carbocycles. The Kier molecular flexibility index (Phi) is 3.22. The molecule has 3 rings (SSSR count).